The van der Waals surface area contributed by atoms with Crippen molar-refractivity contribution < 1.29 is 14.4 Å². The minimum absolute atomic E-state index is 0.217. The van der Waals surface area contributed by atoms with Gasteiger partial charge in [-0.05, 0) is 44.4 Å². The highest BCUT2D eigenvalue weighted by Crippen LogP contribution is 2.37. The molecule has 25 heavy (non-hydrogen) atoms. The van der Waals surface area contributed by atoms with Crippen molar-refractivity contribution in [3.63, 3.8) is 0 Å². The third kappa shape index (κ3) is 3.38. The maximum atomic E-state index is 12.8. The molecule has 1 spiro atoms. The van der Waals surface area contributed by atoms with Crippen LogP contribution < -0.4 is 16.4 Å². The Morgan fingerprint density at radius 3 is 2.44 bits per heavy atom. The lowest BCUT2D eigenvalue weighted by atomic mass is 9.75. The molecule has 3 aliphatic rings. The van der Waals surface area contributed by atoms with Crippen LogP contribution in [0.2, 0.25) is 0 Å². The number of urea groups is 1. The van der Waals surface area contributed by atoms with Crippen molar-refractivity contribution >= 4 is 17.8 Å². The molecule has 0 bridgehead atoms. The van der Waals surface area contributed by atoms with E-state index in [1.54, 1.807) is 0 Å². The second-order valence-corrected chi connectivity index (χ2v) is 7.99. The van der Waals surface area contributed by atoms with Crippen LogP contribution in [0.1, 0.15) is 64.7 Å². The fourth-order valence-electron chi connectivity index (χ4n) is 4.65. The summed E-state index contributed by atoms with van der Waals surface area (Å²) in [7, 11) is 0. The number of rotatable bonds is 5. The summed E-state index contributed by atoms with van der Waals surface area (Å²) in [6, 6.07) is -0.441. The summed E-state index contributed by atoms with van der Waals surface area (Å²) in [6.07, 6.45) is 8.13. The van der Waals surface area contributed by atoms with E-state index in [9.17, 15) is 14.4 Å². The maximum absolute atomic E-state index is 12.8. The van der Waals surface area contributed by atoms with Gasteiger partial charge in [0, 0.05) is 6.54 Å². The van der Waals surface area contributed by atoms with E-state index in [2.05, 4.69) is 17.6 Å². The van der Waals surface area contributed by atoms with Crippen LogP contribution in [-0.4, -0.2) is 46.9 Å². The molecule has 1 heterocycles. The Kier molecular flexibility index (Phi) is 5.04. The van der Waals surface area contributed by atoms with Crippen molar-refractivity contribution in [3.8, 4) is 0 Å². The van der Waals surface area contributed by atoms with Crippen LogP contribution in [0.3, 0.4) is 0 Å². The van der Waals surface area contributed by atoms with Gasteiger partial charge in [0.15, 0.2) is 0 Å². The van der Waals surface area contributed by atoms with Gasteiger partial charge in [-0.2, -0.15) is 0 Å². The van der Waals surface area contributed by atoms with Gasteiger partial charge in [-0.3, -0.25) is 14.5 Å². The molecule has 7 nitrogen and oxygen atoms in total. The molecule has 2 aliphatic carbocycles. The topological polar surface area (TPSA) is 105 Å². The minimum Gasteiger partial charge on any atom is -0.348 e. The van der Waals surface area contributed by atoms with Crippen molar-refractivity contribution in [2.24, 2.45) is 11.7 Å². The zero-order valence-electron chi connectivity index (χ0n) is 15.1. The van der Waals surface area contributed by atoms with Crippen molar-refractivity contribution in [2.75, 3.05) is 13.1 Å². The number of nitrogens with one attached hydrogen (secondary N) is 2. The van der Waals surface area contributed by atoms with Crippen LogP contribution in [0.15, 0.2) is 0 Å². The summed E-state index contributed by atoms with van der Waals surface area (Å²) >= 11 is 0. The molecular formula is C18H30N4O3. The number of nitrogens with zero attached hydrogens (tertiary/aromatic N) is 1. The quantitative estimate of drug-likeness (QED) is 0.649. The molecule has 4 N–H and O–H groups in total. The summed E-state index contributed by atoms with van der Waals surface area (Å²) in [5.41, 5.74) is 4.69. The molecule has 0 atom stereocenters. The number of amides is 4. The van der Waals surface area contributed by atoms with Crippen LogP contribution in [0.4, 0.5) is 4.79 Å². The molecular weight excluding hydrogens is 320 g/mol. The highest BCUT2D eigenvalue weighted by atomic mass is 16.2. The van der Waals surface area contributed by atoms with Gasteiger partial charge >= 0.3 is 6.03 Å². The molecule has 0 aromatic heterocycles. The van der Waals surface area contributed by atoms with Gasteiger partial charge in [0.25, 0.3) is 5.91 Å². The van der Waals surface area contributed by atoms with Crippen molar-refractivity contribution in [1.82, 2.24) is 15.5 Å². The predicted octanol–water partition coefficient (Wildman–Crippen LogP) is 1.26. The average molecular weight is 350 g/mol. The van der Waals surface area contributed by atoms with Crippen LogP contribution in [0.25, 0.3) is 0 Å². The Labute approximate surface area is 149 Å². The van der Waals surface area contributed by atoms with Crippen molar-refractivity contribution in [3.05, 3.63) is 0 Å². The summed E-state index contributed by atoms with van der Waals surface area (Å²) < 4.78 is 0. The third-order valence-corrected chi connectivity index (χ3v) is 6.44. The summed E-state index contributed by atoms with van der Waals surface area (Å²) in [5.74, 6) is 0.0880. The van der Waals surface area contributed by atoms with E-state index in [1.165, 1.54) is 0 Å². The summed E-state index contributed by atoms with van der Waals surface area (Å²) in [5, 5.41) is 5.85. The lowest BCUT2D eigenvalue weighted by molar-refractivity contribution is -0.136. The van der Waals surface area contributed by atoms with Crippen LogP contribution >= 0.6 is 0 Å². The van der Waals surface area contributed by atoms with Gasteiger partial charge in [-0.25, -0.2) is 4.79 Å². The first-order valence-electron chi connectivity index (χ1n) is 9.59. The molecule has 3 fully saturated rings. The van der Waals surface area contributed by atoms with Crippen LogP contribution in [-0.2, 0) is 9.59 Å². The van der Waals surface area contributed by atoms with Crippen LogP contribution in [0.5, 0.6) is 0 Å². The van der Waals surface area contributed by atoms with Gasteiger partial charge in [0.1, 0.15) is 12.1 Å². The molecule has 3 rings (SSSR count). The van der Waals surface area contributed by atoms with E-state index in [-0.39, 0.29) is 23.9 Å². The van der Waals surface area contributed by atoms with E-state index in [4.69, 9.17) is 5.73 Å². The zero-order valence-corrected chi connectivity index (χ0v) is 15.1. The first kappa shape index (κ1) is 18.2. The standard InChI is InChI=1S/C18H30N4O3/c1-2-13-5-9-18(10-6-13)15(24)22(16(25)21-18)11-14(23)20-17(12-19)7-3-4-8-17/h13H,2-12,19H2,1H3,(H,20,23)(H,21,25). The van der Waals surface area contributed by atoms with Gasteiger partial charge < -0.3 is 16.4 Å². The molecule has 0 aromatic rings. The normalized spacial score (nSPS) is 31.4. The molecule has 4 amide bonds. The first-order valence-corrected chi connectivity index (χ1v) is 9.59. The highest BCUT2D eigenvalue weighted by Gasteiger charge is 2.52. The molecule has 1 aliphatic heterocycles. The number of carbonyl (C=O) groups excluding carboxylic acids is 3. The average Bonchev–Trinajstić information content (AvgIpc) is 3.15. The fraction of sp³-hybridized carbons (Fsp3) is 0.833. The van der Waals surface area contributed by atoms with E-state index < -0.39 is 11.6 Å². The molecule has 0 unspecified atom stereocenters. The smallest absolute Gasteiger partial charge is 0.325 e. The molecule has 0 aromatic carbocycles. The van der Waals surface area contributed by atoms with Crippen molar-refractivity contribution in [2.45, 2.75) is 75.8 Å². The van der Waals surface area contributed by atoms with Crippen LogP contribution in [0, 0.1) is 5.92 Å². The molecule has 0 radical (unpaired) electrons. The predicted molar refractivity (Wildman–Crippen MR) is 93.6 cm³/mol. The summed E-state index contributed by atoms with van der Waals surface area (Å²) in [4.78, 5) is 38.7. The minimum atomic E-state index is -0.790. The number of hydrogen-bond acceptors (Lipinski definition) is 4. The number of carbonyl (C=O) groups is 3. The first-order chi connectivity index (χ1) is 11.9. The van der Waals surface area contributed by atoms with Gasteiger partial charge in [-0.15, -0.1) is 0 Å². The van der Waals surface area contributed by atoms with E-state index in [0.29, 0.717) is 25.3 Å². The lowest BCUT2D eigenvalue weighted by Gasteiger charge is -2.34. The van der Waals surface area contributed by atoms with E-state index in [0.717, 1.165) is 49.8 Å². The van der Waals surface area contributed by atoms with Gasteiger partial charge in [0.2, 0.25) is 5.91 Å². The number of hydrogen-bond donors (Lipinski definition) is 3. The molecule has 2 saturated carbocycles. The lowest BCUT2D eigenvalue weighted by Crippen LogP contribution is -2.55. The van der Waals surface area contributed by atoms with E-state index >= 15 is 0 Å². The second-order valence-electron chi connectivity index (χ2n) is 7.99. The van der Waals surface area contributed by atoms with E-state index in [1.807, 2.05) is 0 Å². The molecule has 7 heteroatoms. The van der Waals surface area contributed by atoms with Gasteiger partial charge in [0.05, 0.1) is 5.54 Å². The third-order valence-electron chi connectivity index (χ3n) is 6.44. The molecule has 140 valence electrons. The SMILES string of the molecule is CCC1CCC2(CC1)NC(=O)N(CC(=O)NC1(CN)CCCC1)C2=O. The Balaban J connectivity index is 1.62. The Morgan fingerprint density at radius 1 is 1.24 bits per heavy atom. The van der Waals surface area contributed by atoms with Crippen molar-refractivity contribution in [1.29, 1.82) is 0 Å². The molecule has 1 saturated heterocycles. The fourth-order valence-corrected chi connectivity index (χ4v) is 4.65. The summed E-state index contributed by atoms with van der Waals surface area (Å²) in [6.45, 7) is 2.33. The zero-order chi connectivity index (χ0) is 18.1. The Hall–Kier alpha value is -1.63. The number of nitrogens with two attached hydrogens (primary N) is 1. The maximum Gasteiger partial charge on any atom is 0.325 e. The largest absolute Gasteiger partial charge is 0.348 e. The second kappa shape index (κ2) is 6.94. The Morgan fingerprint density at radius 2 is 1.88 bits per heavy atom. The monoisotopic (exact) mass is 350 g/mol. The number of imide groups is 1. The highest BCUT2D eigenvalue weighted by molar-refractivity contribution is 6.09. The Bertz CT molecular complexity index is 549. The van der Waals surface area contributed by atoms with Gasteiger partial charge in [-0.1, -0.05) is 26.2 Å².